The van der Waals surface area contributed by atoms with Crippen molar-refractivity contribution in [2.45, 2.75) is 6.92 Å². The molecule has 0 radical (unpaired) electrons. The number of carbonyl (C=O) groups is 1. The van der Waals surface area contributed by atoms with Crippen molar-refractivity contribution >= 4 is 28.6 Å². The number of rotatable bonds is 3. The van der Waals surface area contributed by atoms with Crippen LogP contribution in [-0.2, 0) is 4.74 Å². The molecular formula is C16H10ClF2N3O3. The zero-order valence-corrected chi connectivity index (χ0v) is 13.6. The number of pyridine rings is 3. The molecule has 6 nitrogen and oxygen atoms in total. The van der Waals surface area contributed by atoms with Crippen LogP contribution in [0.15, 0.2) is 35.4 Å². The van der Waals surface area contributed by atoms with Gasteiger partial charge in [-0.2, -0.15) is 4.39 Å². The Morgan fingerprint density at radius 2 is 2.12 bits per heavy atom. The minimum absolute atomic E-state index is 0.00198. The van der Waals surface area contributed by atoms with E-state index in [1.165, 1.54) is 23.0 Å². The molecule has 0 unspecified atom stereocenters. The molecule has 0 bridgehead atoms. The quantitative estimate of drug-likeness (QED) is 0.527. The Balaban J connectivity index is 2.39. The number of hydrogen-bond acceptors (Lipinski definition) is 5. The fraction of sp³-hybridized carbons (Fsp3) is 0.125. The molecule has 0 fully saturated rings. The maximum atomic E-state index is 13.8. The molecule has 0 N–H and O–H groups in total. The van der Waals surface area contributed by atoms with Gasteiger partial charge in [-0.15, -0.1) is 0 Å². The highest BCUT2D eigenvalue weighted by molar-refractivity contribution is 6.29. The van der Waals surface area contributed by atoms with Crippen LogP contribution in [0, 0.1) is 11.8 Å². The number of carbonyl (C=O) groups excluding carboxylic acids is 1. The molecule has 128 valence electrons. The van der Waals surface area contributed by atoms with Crippen LogP contribution in [0.1, 0.15) is 17.3 Å². The number of esters is 1. The smallest absolute Gasteiger partial charge is 0.343 e. The van der Waals surface area contributed by atoms with E-state index in [4.69, 9.17) is 16.3 Å². The molecule has 3 heterocycles. The summed E-state index contributed by atoms with van der Waals surface area (Å²) in [5.41, 5.74) is -0.769. The number of nitrogens with zero attached hydrogens (tertiary/aromatic N) is 3. The minimum Gasteiger partial charge on any atom is -0.462 e. The van der Waals surface area contributed by atoms with E-state index in [9.17, 15) is 18.4 Å². The Morgan fingerprint density at radius 1 is 1.36 bits per heavy atom. The minimum atomic E-state index is -0.906. The molecule has 0 saturated heterocycles. The van der Waals surface area contributed by atoms with Crippen LogP contribution < -0.4 is 5.43 Å². The third-order valence-corrected chi connectivity index (χ3v) is 3.64. The van der Waals surface area contributed by atoms with Crippen molar-refractivity contribution < 1.29 is 18.3 Å². The van der Waals surface area contributed by atoms with Gasteiger partial charge in [-0.25, -0.2) is 19.2 Å². The summed E-state index contributed by atoms with van der Waals surface area (Å²) in [5, 5.41) is -0.614. The fourth-order valence-corrected chi connectivity index (χ4v) is 2.40. The molecule has 0 aromatic carbocycles. The maximum absolute atomic E-state index is 13.8. The van der Waals surface area contributed by atoms with Crippen LogP contribution in [0.25, 0.3) is 16.7 Å². The zero-order chi connectivity index (χ0) is 18.1. The van der Waals surface area contributed by atoms with Crippen LogP contribution in [0.5, 0.6) is 0 Å². The van der Waals surface area contributed by atoms with Crippen LogP contribution in [0.2, 0.25) is 5.15 Å². The molecule has 0 atom stereocenters. The van der Waals surface area contributed by atoms with Gasteiger partial charge in [0, 0.05) is 6.20 Å². The molecule has 0 aliphatic rings. The lowest BCUT2D eigenvalue weighted by molar-refractivity contribution is 0.0524. The lowest BCUT2D eigenvalue weighted by atomic mass is 10.2. The maximum Gasteiger partial charge on any atom is 0.343 e. The van der Waals surface area contributed by atoms with Crippen LogP contribution in [0.3, 0.4) is 0 Å². The first kappa shape index (κ1) is 17.0. The Kier molecular flexibility index (Phi) is 4.45. The average Bonchev–Trinajstić information content (AvgIpc) is 2.58. The third kappa shape index (κ3) is 3.08. The van der Waals surface area contributed by atoms with E-state index in [1.807, 2.05) is 0 Å². The normalized spacial score (nSPS) is 10.9. The largest absolute Gasteiger partial charge is 0.462 e. The zero-order valence-electron chi connectivity index (χ0n) is 12.8. The molecule has 0 aliphatic heterocycles. The van der Waals surface area contributed by atoms with Crippen molar-refractivity contribution in [1.82, 2.24) is 14.5 Å². The van der Waals surface area contributed by atoms with Crippen LogP contribution >= 0.6 is 11.6 Å². The summed E-state index contributed by atoms with van der Waals surface area (Å²) in [5.74, 6) is -2.48. The Hall–Kier alpha value is -2.87. The highest BCUT2D eigenvalue weighted by Crippen LogP contribution is 2.21. The number of aromatic nitrogens is 3. The highest BCUT2D eigenvalue weighted by Gasteiger charge is 2.20. The van der Waals surface area contributed by atoms with Gasteiger partial charge in [-0.05, 0) is 25.1 Å². The summed E-state index contributed by atoms with van der Waals surface area (Å²) in [6.07, 6.45) is 2.35. The monoisotopic (exact) mass is 365 g/mol. The summed E-state index contributed by atoms with van der Waals surface area (Å²) in [6, 6.07) is 3.34. The fourth-order valence-electron chi connectivity index (χ4n) is 2.26. The standard InChI is InChI=1S/C16H10ClF2N3O3/c1-2-25-16(24)10-7-22(8-3-4-12(19)20-6-8)15-9(13(10)23)5-11(18)14(17)21-15/h3-7H,2H2,1H3. The molecule has 0 amide bonds. The summed E-state index contributed by atoms with van der Waals surface area (Å²) >= 11 is 5.71. The van der Waals surface area contributed by atoms with E-state index < -0.39 is 28.3 Å². The molecule has 3 rings (SSSR count). The molecule has 3 aromatic heterocycles. The van der Waals surface area contributed by atoms with Gasteiger partial charge in [0.15, 0.2) is 11.0 Å². The molecule has 9 heteroatoms. The van der Waals surface area contributed by atoms with Gasteiger partial charge in [-0.1, -0.05) is 11.6 Å². The second-order valence-corrected chi connectivity index (χ2v) is 5.29. The second kappa shape index (κ2) is 6.56. The van der Waals surface area contributed by atoms with Crippen molar-refractivity contribution in [2.24, 2.45) is 0 Å². The summed E-state index contributed by atoms with van der Waals surface area (Å²) in [6.45, 7) is 1.64. The highest BCUT2D eigenvalue weighted by atomic mass is 35.5. The first-order chi connectivity index (χ1) is 11.9. The number of ether oxygens (including phenoxy) is 1. The van der Waals surface area contributed by atoms with Crippen LogP contribution in [-0.4, -0.2) is 27.1 Å². The summed E-state index contributed by atoms with van der Waals surface area (Å²) < 4.78 is 33.0. The molecule has 0 spiro atoms. The first-order valence-electron chi connectivity index (χ1n) is 7.12. The van der Waals surface area contributed by atoms with E-state index in [0.29, 0.717) is 5.69 Å². The van der Waals surface area contributed by atoms with Gasteiger partial charge in [0.05, 0.1) is 23.9 Å². The number of hydrogen-bond donors (Lipinski definition) is 0. The van der Waals surface area contributed by atoms with Gasteiger partial charge in [-0.3, -0.25) is 9.36 Å². The molecule has 25 heavy (non-hydrogen) atoms. The summed E-state index contributed by atoms with van der Waals surface area (Å²) in [7, 11) is 0. The van der Waals surface area contributed by atoms with E-state index in [1.54, 1.807) is 6.92 Å². The molecular weight excluding hydrogens is 356 g/mol. The summed E-state index contributed by atoms with van der Waals surface area (Å²) in [4.78, 5) is 31.9. The predicted octanol–water partition coefficient (Wildman–Crippen LogP) is 2.89. The van der Waals surface area contributed by atoms with Gasteiger partial charge < -0.3 is 4.74 Å². The van der Waals surface area contributed by atoms with E-state index >= 15 is 0 Å². The van der Waals surface area contributed by atoms with Gasteiger partial charge in [0.2, 0.25) is 11.4 Å². The van der Waals surface area contributed by atoms with Gasteiger partial charge in [0.25, 0.3) is 0 Å². The van der Waals surface area contributed by atoms with E-state index in [-0.39, 0.29) is 23.2 Å². The van der Waals surface area contributed by atoms with Crippen molar-refractivity contribution in [1.29, 1.82) is 0 Å². The van der Waals surface area contributed by atoms with Gasteiger partial charge >= 0.3 is 5.97 Å². The molecule has 0 saturated carbocycles. The van der Waals surface area contributed by atoms with Crippen molar-refractivity contribution in [3.8, 4) is 5.69 Å². The lowest BCUT2D eigenvalue weighted by Gasteiger charge is -2.12. The first-order valence-corrected chi connectivity index (χ1v) is 7.50. The van der Waals surface area contributed by atoms with Gasteiger partial charge in [0.1, 0.15) is 11.2 Å². The molecule has 3 aromatic rings. The predicted molar refractivity (Wildman–Crippen MR) is 86.0 cm³/mol. The Bertz CT molecular complexity index is 1040. The van der Waals surface area contributed by atoms with E-state index in [0.717, 1.165) is 12.1 Å². The SMILES string of the molecule is CCOC(=O)c1cn(-c2ccc(F)nc2)c2nc(Cl)c(F)cc2c1=O. The lowest BCUT2D eigenvalue weighted by Crippen LogP contribution is -2.21. The van der Waals surface area contributed by atoms with Crippen molar-refractivity contribution in [3.05, 3.63) is 63.3 Å². The van der Waals surface area contributed by atoms with Crippen molar-refractivity contribution in [3.63, 3.8) is 0 Å². The Labute approximate surface area is 144 Å². The third-order valence-electron chi connectivity index (χ3n) is 3.37. The topological polar surface area (TPSA) is 74.1 Å². The van der Waals surface area contributed by atoms with Crippen molar-refractivity contribution in [2.75, 3.05) is 6.61 Å². The second-order valence-electron chi connectivity index (χ2n) is 4.93. The van der Waals surface area contributed by atoms with E-state index in [2.05, 4.69) is 9.97 Å². The average molecular weight is 366 g/mol. The van der Waals surface area contributed by atoms with Crippen LogP contribution in [0.4, 0.5) is 8.78 Å². The number of fused-ring (bicyclic) bond motifs is 1. The number of halogens is 3. The Morgan fingerprint density at radius 3 is 2.76 bits per heavy atom. The molecule has 0 aliphatic carbocycles.